The molecular formula is C17H13Br2NO3S. The summed E-state index contributed by atoms with van der Waals surface area (Å²) in [5.41, 5.74) is 3.01. The summed E-state index contributed by atoms with van der Waals surface area (Å²) in [6.45, 7) is 2.25. The van der Waals surface area contributed by atoms with E-state index < -0.39 is 0 Å². The molecular weight excluding hydrogens is 458 g/mol. The van der Waals surface area contributed by atoms with Crippen LogP contribution >= 0.6 is 43.6 Å². The first-order chi connectivity index (χ1) is 11.5. The number of thioether (sulfide) groups is 1. The third kappa shape index (κ3) is 2.72. The van der Waals surface area contributed by atoms with Crippen LogP contribution in [-0.2, 0) is 4.79 Å². The molecule has 2 aromatic carbocycles. The van der Waals surface area contributed by atoms with Gasteiger partial charge in [0, 0.05) is 20.2 Å². The number of fused-ring (bicyclic) bond motifs is 1. The topological polar surface area (TPSA) is 38.8 Å². The number of nitrogens with zero attached hydrogens (tertiary/aromatic N) is 1. The van der Waals surface area contributed by atoms with Crippen LogP contribution in [0.15, 0.2) is 39.3 Å². The molecule has 0 saturated carbocycles. The number of anilines is 1. The molecule has 1 amide bonds. The molecule has 2 aliphatic heterocycles. The molecule has 7 heteroatoms. The van der Waals surface area contributed by atoms with Crippen molar-refractivity contribution in [2.24, 2.45) is 0 Å². The highest BCUT2D eigenvalue weighted by Crippen LogP contribution is 2.48. The Kier molecular flexibility index (Phi) is 4.26. The van der Waals surface area contributed by atoms with Crippen molar-refractivity contribution in [2.45, 2.75) is 12.3 Å². The summed E-state index contributed by atoms with van der Waals surface area (Å²) in [5, 5.41) is -0.0954. The number of carbonyl (C=O) groups excluding carboxylic acids is 1. The average molecular weight is 471 g/mol. The summed E-state index contributed by atoms with van der Waals surface area (Å²) in [5.74, 6) is 2.02. The first kappa shape index (κ1) is 16.3. The Morgan fingerprint density at radius 1 is 1.12 bits per heavy atom. The van der Waals surface area contributed by atoms with E-state index in [1.807, 2.05) is 42.2 Å². The fourth-order valence-electron chi connectivity index (χ4n) is 2.83. The van der Waals surface area contributed by atoms with E-state index in [-0.39, 0.29) is 18.1 Å². The summed E-state index contributed by atoms with van der Waals surface area (Å²) in [6.07, 6.45) is 0. The second-order valence-corrected chi connectivity index (χ2v) is 8.36. The number of aryl methyl sites for hydroxylation is 1. The van der Waals surface area contributed by atoms with Gasteiger partial charge in [0.1, 0.15) is 5.37 Å². The minimum atomic E-state index is -0.0954. The molecule has 1 saturated heterocycles. The predicted molar refractivity (Wildman–Crippen MR) is 102 cm³/mol. The maximum Gasteiger partial charge on any atom is 0.238 e. The van der Waals surface area contributed by atoms with Gasteiger partial charge in [-0.25, -0.2) is 0 Å². The highest BCUT2D eigenvalue weighted by atomic mass is 79.9. The lowest BCUT2D eigenvalue weighted by Gasteiger charge is -2.26. The lowest BCUT2D eigenvalue weighted by Crippen LogP contribution is -2.28. The van der Waals surface area contributed by atoms with Gasteiger partial charge in [0.05, 0.1) is 5.75 Å². The lowest BCUT2D eigenvalue weighted by atomic mass is 10.1. The van der Waals surface area contributed by atoms with Gasteiger partial charge in [-0.1, -0.05) is 31.9 Å². The lowest BCUT2D eigenvalue weighted by molar-refractivity contribution is -0.115. The van der Waals surface area contributed by atoms with Gasteiger partial charge < -0.3 is 9.47 Å². The Bertz CT molecular complexity index is 843. The smallest absolute Gasteiger partial charge is 0.238 e. The van der Waals surface area contributed by atoms with E-state index >= 15 is 0 Å². The van der Waals surface area contributed by atoms with Crippen molar-refractivity contribution in [2.75, 3.05) is 17.4 Å². The second-order valence-electron chi connectivity index (χ2n) is 5.59. The third-order valence-corrected chi connectivity index (χ3v) is 6.82. The largest absolute Gasteiger partial charge is 0.454 e. The molecule has 124 valence electrons. The minimum absolute atomic E-state index is 0.0954. The predicted octanol–water partition coefficient (Wildman–Crippen LogP) is 5.03. The van der Waals surface area contributed by atoms with Crippen LogP contribution in [0.1, 0.15) is 16.5 Å². The fourth-order valence-corrected chi connectivity index (χ4v) is 4.97. The zero-order valence-electron chi connectivity index (χ0n) is 12.7. The Hall–Kier alpha value is -1.18. The van der Waals surface area contributed by atoms with Crippen molar-refractivity contribution in [3.63, 3.8) is 0 Å². The maximum absolute atomic E-state index is 12.5. The van der Waals surface area contributed by atoms with Crippen LogP contribution in [0.4, 0.5) is 5.69 Å². The number of rotatable bonds is 2. The van der Waals surface area contributed by atoms with Crippen LogP contribution in [-0.4, -0.2) is 18.5 Å². The standard InChI is InChI=1S/C17H13Br2NO3S/c1-9-4-10(2-3-12(9)18)20-16(21)7-24-17(20)11-5-14-15(6-13(11)19)23-8-22-14/h2-6,17H,7-8H2,1H3. The summed E-state index contributed by atoms with van der Waals surface area (Å²) in [4.78, 5) is 14.4. The van der Waals surface area contributed by atoms with Gasteiger partial charge in [-0.2, -0.15) is 0 Å². The Labute approximate surface area is 160 Å². The molecule has 1 unspecified atom stereocenters. The summed E-state index contributed by atoms with van der Waals surface area (Å²) in [6, 6.07) is 9.84. The third-order valence-electron chi connectivity index (χ3n) is 4.05. The molecule has 0 spiro atoms. The van der Waals surface area contributed by atoms with E-state index in [1.165, 1.54) is 0 Å². The minimum Gasteiger partial charge on any atom is -0.454 e. The van der Waals surface area contributed by atoms with Crippen molar-refractivity contribution >= 4 is 55.2 Å². The zero-order valence-corrected chi connectivity index (χ0v) is 16.7. The quantitative estimate of drug-likeness (QED) is 0.617. The van der Waals surface area contributed by atoms with Gasteiger partial charge >= 0.3 is 0 Å². The summed E-state index contributed by atoms with van der Waals surface area (Å²) < 4.78 is 12.9. The van der Waals surface area contributed by atoms with Crippen LogP contribution in [0.3, 0.4) is 0 Å². The molecule has 1 fully saturated rings. The van der Waals surface area contributed by atoms with Crippen LogP contribution in [0.5, 0.6) is 11.5 Å². The molecule has 0 aromatic heterocycles. The summed E-state index contributed by atoms with van der Waals surface area (Å²) in [7, 11) is 0. The fraction of sp³-hybridized carbons (Fsp3) is 0.235. The SMILES string of the molecule is Cc1cc(N2C(=O)CSC2c2cc3c(cc2Br)OCO3)ccc1Br. The number of ether oxygens (including phenoxy) is 2. The Morgan fingerprint density at radius 3 is 2.62 bits per heavy atom. The number of amides is 1. The molecule has 0 N–H and O–H groups in total. The van der Waals surface area contributed by atoms with E-state index in [1.54, 1.807) is 11.8 Å². The maximum atomic E-state index is 12.5. The molecule has 1 atom stereocenters. The Morgan fingerprint density at radius 2 is 1.88 bits per heavy atom. The van der Waals surface area contributed by atoms with E-state index in [0.29, 0.717) is 5.75 Å². The van der Waals surface area contributed by atoms with E-state index in [0.717, 1.165) is 37.3 Å². The van der Waals surface area contributed by atoms with Gasteiger partial charge in [0.2, 0.25) is 12.7 Å². The number of carbonyl (C=O) groups is 1. The normalized spacial score (nSPS) is 19.2. The van der Waals surface area contributed by atoms with E-state index in [2.05, 4.69) is 31.9 Å². The molecule has 24 heavy (non-hydrogen) atoms. The first-order valence-corrected chi connectivity index (χ1v) is 9.97. The zero-order chi connectivity index (χ0) is 16.8. The first-order valence-electron chi connectivity index (χ1n) is 7.33. The van der Waals surface area contributed by atoms with E-state index in [4.69, 9.17) is 9.47 Å². The van der Waals surface area contributed by atoms with Crippen molar-refractivity contribution < 1.29 is 14.3 Å². The highest BCUT2D eigenvalue weighted by Gasteiger charge is 2.36. The van der Waals surface area contributed by atoms with Crippen LogP contribution in [0, 0.1) is 6.92 Å². The molecule has 0 radical (unpaired) electrons. The van der Waals surface area contributed by atoms with Crippen molar-refractivity contribution in [1.82, 2.24) is 0 Å². The molecule has 0 bridgehead atoms. The van der Waals surface area contributed by atoms with Crippen molar-refractivity contribution in [3.8, 4) is 11.5 Å². The van der Waals surface area contributed by atoms with Crippen molar-refractivity contribution in [3.05, 3.63) is 50.4 Å². The number of hydrogen-bond donors (Lipinski definition) is 0. The van der Waals surface area contributed by atoms with E-state index in [9.17, 15) is 4.79 Å². The summed E-state index contributed by atoms with van der Waals surface area (Å²) >= 11 is 8.74. The molecule has 2 heterocycles. The Balaban J connectivity index is 1.77. The number of halogens is 2. The second kappa shape index (κ2) is 6.28. The van der Waals surface area contributed by atoms with Crippen LogP contribution in [0.2, 0.25) is 0 Å². The molecule has 2 aromatic rings. The number of benzene rings is 2. The van der Waals surface area contributed by atoms with Gasteiger partial charge in [-0.3, -0.25) is 9.69 Å². The van der Waals surface area contributed by atoms with Gasteiger partial charge in [-0.05, 0) is 42.8 Å². The van der Waals surface area contributed by atoms with Gasteiger partial charge in [-0.15, -0.1) is 11.8 Å². The molecule has 4 nitrogen and oxygen atoms in total. The number of hydrogen-bond acceptors (Lipinski definition) is 4. The van der Waals surface area contributed by atoms with Gasteiger partial charge in [0.25, 0.3) is 0 Å². The van der Waals surface area contributed by atoms with Crippen molar-refractivity contribution in [1.29, 1.82) is 0 Å². The molecule has 0 aliphatic carbocycles. The van der Waals surface area contributed by atoms with Gasteiger partial charge in [0.15, 0.2) is 11.5 Å². The monoisotopic (exact) mass is 469 g/mol. The highest BCUT2D eigenvalue weighted by molar-refractivity contribution is 9.10. The average Bonchev–Trinajstić information content (AvgIpc) is 3.15. The van der Waals surface area contributed by atoms with Crippen LogP contribution in [0.25, 0.3) is 0 Å². The molecule has 4 rings (SSSR count). The molecule has 2 aliphatic rings. The van der Waals surface area contributed by atoms with Crippen LogP contribution < -0.4 is 14.4 Å².